The van der Waals surface area contributed by atoms with Gasteiger partial charge in [-0.3, -0.25) is 4.72 Å². The molecule has 0 saturated carbocycles. The minimum Gasteiger partial charge on any atom is -0.493 e. The molecule has 0 unspecified atom stereocenters. The van der Waals surface area contributed by atoms with Gasteiger partial charge in [0.15, 0.2) is 11.5 Å². The summed E-state index contributed by atoms with van der Waals surface area (Å²) in [4.78, 5) is 0.147. The average Bonchev–Trinajstić information content (AvgIpc) is 2.61. The van der Waals surface area contributed by atoms with Crippen LogP contribution in [0.1, 0.15) is 24.0 Å². The smallest absolute Gasteiger partial charge is 0.262 e. The molecule has 0 saturated heterocycles. The van der Waals surface area contributed by atoms with Crippen LogP contribution in [0.15, 0.2) is 41.3 Å². The van der Waals surface area contributed by atoms with Crippen LogP contribution in [0.5, 0.6) is 11.5 Å². The van der Waals surface area contributed by atoms with E-state index < -0.39 is 10.0 Å². The Hall–Kier alpha value is -2.21. The minimum atomic E-state index is -3.69. The average molecular weight is 347 g/mol. The fourth-order valence-electron chi connectivity index (χ4n) is 3.06. The zero-order valence-electron chi connectivity index (χ0n) is 13.8. The first kappa shape index (κ1) is 16.6. The van der Waals surface area contributed by atoms with Crippen LogP contribution in [0.4, 0.5) is 5.69 Å². The number of aryl methyl sites for hydroxylation is 1. The van der Waals surface area contributed by atoms with Gasteiger partial charge in [-0.1, -0.05) is 12.1 Å². The van der Waals surface area contributed by atoms with E-state index in [0.717, 1.165) is 31.2 Å². The van der Waals surface area contributed by atoms with Gasteiger partial charge in [-0.05, 0) is 55.0 Å². The molecule has 3 rings (SSSR count). The molecular weight excluding hydrogens is 326 g/mol. The molecule has 6 heteroatoms. The Labute approximate surface area is 142 Å². The Kier molecular flexibility index (Phi) is 4.66. The molecule has 0 amide bonds. The van der Waals surface area contributed by atoms with Gasteiger partial charge in [0.05, 0.1) is 24.8 Å². The molecule has 0 fully saturated rings. The molecule has 0 bridgehead atoms. The molecule has 2 aromatic rings. The van der Waals surface area contributed by atoms with E-state index in [1.165, 1.54) is 31.9 Å². The number of hydrogen-bond acceptors (Lipinski definition) is 4. The lowest BCUT2D eigenvalue weighted by Gasteiger charge is -2.20. The lowest BCUT2D eigenvalue weighted by molar-refractivity contribution is 0.354. The highest BCUT2D eigenvalue weighted by molar-refractivity contribution is 7.92. The van der Waals surface area contributed by atoms with Gasteiger partial charge in [-0.15, -0.1) is 0 Å². The molecule has 128 valence electrons. The van der Waals surface area contributed by atoms with Gasteiger partial charge in [0, 0.05) is 6.07 Å². The maximum Gasteiger partial charge on any atom is 0.262 e. The molecule has 5 nitrogen and oxygen atoms in total. The van der Waals surface area contributed by atoms with Crippen molar-refractivity contribution in [3.8, 4) is 11.5 Å². The van der Waals surface area contributed by atoms with Gasteiger partial charge in [-0.25, -0.2) is 8.42 Å². The van der Waals surface area contributed by atoms with Crippen LogP contribution in [0.3, 0.4) is 0 Å². The van der Waals surface area contributed by atoms with E-state index in [2.05, 4.69) is 10.8 Å². The first-order chi connectivity index (χ1) is 11.5. The van der Waals surface area contributed by atoms with Crippen LogP contribution < -0.4 is 14.2 Å². The minimum absolute atomic E-state index is 0.147. The Morgan fingerprint density at radius 3 is 2.46 bits per heavy atom. The summed E-state index contributed by atoms with van der Waals surface area (Å²) < 4.78 is 38.6. The summed E-state index contributed by atoms with van der Waals surface area (Å²) in [5, 5.41) is 0. The normalized spacial score (nSPS) is 13.9. The number of hydrogen-bond donors (Lipinski definition) is 1. The number of methoxy groups -OCH3 is 2. The standard InChI is InChI=1S/C18H21NO4S/c1-22-17-11-10-14(12-18(17)23-2)24(20,21)19-16-9-5-7-13-6-3-4-8-15(13)16/h5,7,9-12,19H,3-4,6,8H2,1-2H3. The molecule has 0 atom stereocenters. The molecular formula is C18H21NO4S. The van der Waals surface area contributed by atoms with E-state index in [4.69, 9.17) is 9.47 Å². The van der Waals surface area contributed by atoms with Crippen LogP contribution in [-0.2, 0) is 22.9 Å². The quantitative estimate of drug-likeness (QED) is 0.900. The molecule has 0 heterocycles. The van der Waals surface area contributed by atoms with Crippen molar-refractivity contribution < 1.29 is 17.9 Å². The molecule has 0 aliphatic heterocycles. The van der Waals surface area contributed by atoms with Crippen LogP contribution in [0.25, 0.3) is 0 Å². The van der Waals surface area contributed by atoms with E-state index in [9.17, 15) is 8.42 Å². The zero-order valence-corrected chi connectivity index (χ0v) is 14.7. The fraction of sp³-hybridized carbons (Fsp3) is 0.333. The summed E-state index contributed by atoms with van der Waals surface area (Å²) in [6.07, 6.45) is 4.14. The molecule has 1 aliphatic rings. The van der Waals surface area contributed by atoms with Crippen molar-refractivity contribution in [1.29, 1.82) is 0 Å². The van der Waals surface area contributed by atoms with Gasteiger partial charge < -0.3 is 9.47 Å². The third-order valence-electron chi connectivity index (χ3n) is 4.31. The summed E-state index contributed by atoms with van der Waals surface area (Å²) in [5.41, 5.74) is 3.00. The molecule has 24 heavy (non-hydrogen) atoms. The lowest BCUT2D eigenvalue weighted by atomic mass is 9.91. The maximum absolute atomic E-state index is 12.7. The van der Waals surface area contributed by atoms with E-state index in [1.54, 1.807) is 6.07 Å². The number of anilines is 1. The van der Waals surface area contributed by atoms with E-state index in [0.29, 0.717) is 17.2 Å². The monoisotopic (exact) mass is 347 g/mol. The van der Waals surface area contributed by atoms with Gasteiger partial charge in [0.25, 0.3) is 10.0 Å². The fourth-order valence-corrected chi connectivity index (χ4v) is 4.17. The maximum atomic E-state index is 12.7. The van der Waals surface area contributed by atoms with E-state index in [1.807, 2.05) is 12.1 Å². The second-order valence-corrected chi connectivity index (χ2v) is 7.46. The van der Waals surface area contributed by atoms with Crippen LogP contribution in [-0.4, -0.2) is 22.6 Å². The second-order valence-electron chi connectivity index (χ2n) is 5.77. The van der Waals surface area contributed by atoms with Crippen molar-refractivity contribution >= 4 is 15.7 Å². The van der Waals surface area contributed by atoms with Crippen molar-refractivity contribution in [2.45, 2.75) is 30.6 Å². The molecule has 0 aromatic heterocycles. The highest BCUT2D eigenvalue weighted by Gasteiger charge is 2.20. The number of ether oxygens (including phenoxy) is 2. The zero-order chi connectivity index (χ0) is 17.2. The topological polar surface area (TPSA) is 64.6 Å². The Morgan fingerprint density at radius 2 is 1.71 bits per heavy atom. The molecule has 2 aromatic carbocycles. The summed E-state index contributed by atoms with van der Waals surface area (Å²) in [6.45, 7) is 0. The van der Waals surface area contributed by atoms with E-state index in [-0.39, 0.29) is 4.90 Å². The summed E-state index contributed by atoms with van der Waals surface area (Å²) in [7, 11) is -0.694. The van der Waals surface area contributed by atoms with Crippen molar-refractivity contribution in [1.82, 2.24) is 0 Å². The van der Waals surface area contributed by atoms with Gasteiger partial charge >= 0.3 is 0 Å². The predicted molar refractivity (Wildman–Crippen MR) is 93.4 cm³/mol. The first-order valence-electron chi connectivity index (χ1n) is 7.91. The van der Waals surface area contributed by atoms with E-state index >= 15 is 0 Å². The van der Waals surface area contributed by atoms with Gasteiger partial charge in [-0.2, -0.15) is 0 Å². The van der Waals surface area contributed by atoms with Crippen molar-refractivity contribution in [3.05, 3.63) is 47.5 Å². The molecule has 1 aliphatic carbocycles. The van der Waals surface area contributed by atoms with Gasteiger partial charge in [0.2, 0.25) is 0 Å². The molecule has 0 spiro atoms. The highest BCUT2D eigenvalue weighted by Crippen LogP contribution is 2.32. The Bertz CT molecular complexity index is 846. The SMILES string of the molecule is COc1ccc(S(=O)(=O)Nc2cccc3c2CCCC3)cc1OC. The number of fused-ring (bicyclic) bond motifs is 1. The van der Waals surface area contributed by atoms with Crippen LogP contribution in [0.2, 0.25) is 0 Å². The number of sulfonamides is 1. The number of rotatable bonds is 5. The third-order valence-corrected chi connectivity index (χ3v) is 5.67. The summed E-state index contributed by atoms with van der Waals surface area (Å²) in [6, 6.07) is 10.4. The van der Waals surface area contributed by atoms with Crippen LogP contribution in [0, 0.1) is 0 Å². The Balaban J connectivity index is 1.95. The third kappa shape index (κ3) is 3.19. The molecule has 0 radical (unpaired) electrons. The number of nitrogens with one attached hydrogen (secondary N) is 1. The van der Waals surface area contributed by atoms with Crippen molar-refractivity contribution in [2.75, 3.05) is 18.9 Å². The molecule has 1 N–H and O–H groups in total. The van der Waals surface area contributed by atoms with Crippen molar-refractivity contribution in [2.24, 2.45) is 0 Å². The summed E-state index contributed by atoms with van der Waals surface area (Å²) in [5.74, 6) is 0.879. The van der Waals surface area contributed by atoms with Crippen molar-refractivity contribution in [3.63, 3.8) is 0 Å². The lowest BCUT2D eigenvalue weighted by Crippen LogP contribution is -2.16. The van der Waals surface area contributed by atoms with Gasteiger partial charge in [0.1, 0.15) is 0 Å². The number of benzene rings is 2. The predicted octanol–water partition coefficient (Wildman–Crippen LogP) is 3.38. The Morgan fingerprint density at radius 1 is 0.958 bits per heavy atom. The highest BCUT2D eigenvalue weighted by atomic mass is 32.2. The van der Waals surface area contributed by atoms with Crippen LogP contribution >= 0.6 is 0 Å². The summed E-state index contributed by atoms with van der Waals surface area (Å²) >= 11 is 0. The first-order valence-corrected chi connectivity index (χ1v) is 9.39. The second kappa shape index (κ2) is 6.73. The largest absolute Gasteiger partial charge is 0.493 e.